The number of aromatic nitrogens is 2. The molecular formula is C16H19ClFN3O. The summed E-state index contributed by atoms with van der Waals surface area (Å²) in [5.41, 5.74) is 0. The lowest BCUT2D eigenvalue weighted by Crippen LogP contribution is -2.24. The predicted molar refractivity (Wildman–Crippen MR) is 86.3 cm³/mol. The lowest BCUT2D eigenvalue weighted by molar-refractivity contribution is 0.460. The number of rotatable bonds is 7. The van der Waals surface area contributed by atoms with Crippen LogP contribution < -0.4 is 9.64 Å². The maximum absolute atomic E-state index is 13.0. The monoisotopic (exact) mass is 323 g/mol. The van der Waals surface area contributed by atoms with Gasteiger partial charge in [0, 0.05) is 19.2 Å². The molecule has 0 saturated heterocycles. The Bertz CT molecular complexity index is 624. The number of unbranched alkanes of at least 4 members (excludes halogenated alkanes) is 1. The van der Waals surface area contributed by atoms with E-state index in [0.717, 1.165) is 31.7 Å². The van der Waals surface area contributed by atoms with E-state index in [-0.39, 0.29) is 5.02 Å². The molecule has 118 valence electrons. The number of halogens is 2. The summed E-state index contributed by atoms with van der Waals surface area (Å²) in [5, 5.41) is 0.207. The van der Waals surface area contributed by atoms with Gasteiger partial charge in [-0.3, -0.25) is 0 Å². The van der Waals surface area contributed by atoms with Crippen LogP contribution in [0.1, 0.15) is 26.7 Å². The second kappa shape index (κ2) is 7.94. The van der Waals surface area contributed by atoms with Crippen LogP contribution in [0, 0.1) is 5.82 Å². The van der Waals surface area contributed by atoms with Crippen LogP contribution in [0.25, 0.3) is 0 Å². The molecule has 0 aliphatic heterocycles. The lowest BCUT2D eigenvalue weighted by atomic mass is 10.3. The van der Waals surface area contributed by atoms with Gasteiger partial charge in [-0.15, -0.1) is 0 Å². The van der Waals surface area contributed by atoms with E-state index in [2.05, 4.69) is 28.7 Å². The smallest absolute Gasteiger partial charge is 0.224 e. The SMILES string of the molecule is CCCCN(CC)c1cc(Oc2ccc(F)cc2Cl)ncn1. The minimum atomic E-state index is -0.405. The fraction of sp³-hybridized carbons (Fsp3) is 0.375. The van der Waals surface area contributed by atoms with Gasteiger partial charge in [0.05, 0.1) is 5.02 Å². The summed E-state index contributed by atoms with van der Waals surface area (Å²) in [5.74, 6) is 1.15. The van der Waals surface area contributed by atoms with Crippen LogP contribution in [-0.2, 0) is 0 Å². The normalized spacial score (nSPS) is 10.5. The summed E-state index contributed by atoms with van der Waals surface area (Å²) in [7, 11) is 0. The molecule has 2 rings (SSSR count). The first-order valence-corrected chi connectivity index (χ1v) is 7.71. The minimum Gasteiger partial charge on any atom is -0.437 e. The summed E-state index contributed by atoms with van der Waals surface area (Å²) in [6, 6.07) is 5.74. The van der Waals surface area contributed by atoms with E-state index in [1.54, 1.807) is 6.07 Å². The predicted octanol–water partition coefficient (Wildman–Crippen LogP) is 4.69. The van der Waals surface area contributed by atoms with Crippen molar-refractivity contribution in [2.75, 3.05) is 18.0 Å². The molecule has 0 unspecified atom stereocenters. The van der Waals surface area contributed by atoms with Crippen LogP contribution in [-0.4, -0.2) is 23.1 Å². The zero-order valence-electron chi connectivity index (χ0n) is 12.7. The van der Waals surface area contributed by atoms with Crippen molar-refractivity contribution in [1.82, 2.24) is 9.97 Å². The molecule has 0 spiro atoms. The van der Waals surface area contributed by atoms with Gasteiger partial charge in [-0.2, -0.15) is 0 Å². The first-order valence-electron chi connectivity index (χ1n) is 7.34. The fourth-order valence-electron chi connectivity index (χ4n) is 2.01. The molecule has 22 heavy (non-hydrogen) atoms. The van der Waals surface area contributed by atoms with Crippen LogP contribution in [0.4, 0.5) is 10.2 Å². The third kappa shape index (κ3) is 4.31. The highest BCUT2D eigenvalue weighted by Gasteiger charge is 2.10. The first-order chi connectivity index (χ1) is 10.6. The number of hydrogen-bond acceptors (Lipinski definition) is 4. The number of ether oxygens (including phenoxy) is 1. The second-order valence-electron chi connectivity index (χ2n) is 4.82. The molecule has 0 aliphatic rings. The molecule has 4 nitrogen and oxygen atoms in total. The van der Waals surface area contributed by atoms with Gasteiger partial charge in [-0.05, 0) is 31.5 Å². The standard InChI is InChI=1S/C16H19ClFN3O/c1-3-5-8-21(4-2)15-10-16(20-11-19-15)22-14-7-6-12(18)9-13(14)17/h6-7,9-11H,3-5,8H2,1-2H3. The molecule has 0 amide bonds. The minimum absolute atomic E-state index is 0.207. The number of hydrogen-bond donors (Lipinski definition) is 0. The van der Waals surface area contributed by atoms with Crippen molar-refractivity contribution in [1.29, 1.82) is 0 Å². The molecule has 0 radical (unpaired) electrons. The molecule has 0 fully saturated rings. The molecule has 0 atom stereocenters. The highest BCUT2D eigenvalue weighted by molar-refractivity contribution is 6.32. The summed E-state index contributed by atoms with van der Waals surface area (Å²) < 4.78 is 18.7. The van der Waals surface area contributed by atoms with Gasteiger partial charge in [-0.1, -0.05) is 24.9 Å². The summed E-state index contributed by atoms with van der Waals surface area (Å²) in [4.78, 5) is 10.5. The molecule has 0 N–H and O–H groups in total. The van der Waals surface area contributed by atoms with Crippen molar-refractivity contribution in [2.24, 2.45) is 0 Å². The van der Waals surface area contributed by atoms with Crippen LogP contribution in [0.5, 0.6) is 11.6 Å². The molecule has 1 heterocycles. The van der Waals surface area contributed by atoms with E-state index in [1.807, 2.05) is 0 Å². The van der Waals surface area contributed by atoms with Gasteiger partial charge in [0.25, 0.3) is 0 Å². The molecule has 6 heteroatoms. The third-order valence-corrected chi connectivity index (χ3v) is 3.52. The van der Waals surface area contributed by atoms with Crippen molar-refractivity contribution >= 4 is 17.4 Å². The third-order valence-electron chi connectivity index (χ3n) is 3.22. The summed E-state index contributed by atoms with van der Waals surface area (Å²) >= 11 is 5.96. The van der Waals surface area contributed by atoms with E-state index < -0.39 is 5.82 Å². The first kappa shape index (κ1) is 16.5. The van der Waals surface area contributed by atoms with Crippen molar-refractivity contribution in [2.45, 2.75) is 26.7 Å². The highest BCUT2D eigenvalue weighted by atomic mass is 35.5. The van der Waals surface area contributed by atoms with E-state index >= 15 is 0 Å². The van der Waals surface area contributed by atoms with Crippen LogP contribution in [0.2, 0.25) is 5.02 Å². The number of anilines is 1. The maximum Gasteiger partial charge on any atom is 0.224 e. The van der Waals surface area contributed by atoms with Crippen molar-refractivity contribution in [3.05, 3.63) is 41.4 Å². The molecule has 1 aromatic carbocycles. The van der Waals surface area contributed by atoms with Crippen LogP contribution >= 0.6 is 11.6 Å². The Kier molecular flexibility index (Phi) is 5.95. The maximum atomic E-state index is 13.0. The molecule has 0 aliphatic carbocycles. The Labute approximate surface area is 134 Å². The second-order valence-corrected chi connectivity index (χ2v) is 5.23. The van der Waals surface area contributed by atoms with E-state index in [9.17, 15) is 4.39 Å². The Morgan fingerprint density at radius 3 is 2.73 bits per heavy atom. The van der Waals surface area contributed by atoms with Gasteiger partial charge in [0.1, 0.15) is 23.7 Å². The van der Waals surface area contributed by atoms with Crippen molar-refractivity contribution in [3.8, 4) is 11.6 Å². The molecule has 0 saturated carbocycles. The molecule has 0 bridgehead atoms. The Balaban J connectivity index is 2.17. The highest BCUT2D eigenvalue weighted by Crippen LogP contribution is 2.29. The average molecular weight is 324 g/mol. The molecule has 2 aromatic rings. The van der Waals surface area contributed by atoms with Gasteiger partial charge in [0.15, 0.2) is 0 Å². The van der Waals surface area contributed by atoms with Gasteiger partial charge in [-0.25, -0.2) is 14.4 Å². The Morgan fingerprint density at radius 1 is 1.23 bits per heavy atom. The van der Waals surface area contributed by atoms with Gasteiger partial charge in [0.2, 0.25) is 5.88 Å². The Morgan fingerprint density at radius 2 is 2.05 bits per heavy atom. The lowest BCUT2D eigenvalue weighted by Gasteiger charge is -2.21. The average Bonchev–Trinajstić information content (AvgIpc) is 2.51. The van der Waals surface area contributed by atoms with Crippen molar-refractivity contribution < 1.29 is 9.13 Å². The molecular weight excluding hydrogens is 305 g/mol. The van der Waals surface area contributed by atoms with E-state index in [0.29, 0.717) is 11.6 Å². The summed E-state index contributed by atoms with van der Waals surface area (Å²) in [6.45, 7) is 6.02. The van der Waals surface area contributed by atoms with Crippen LogP contribution in [0.15, 0.2) is 30.6 Å². The van der Waals surface area contributed by atoms with E-state index in [4.69, 9.17) is 16.3 Å². The largest absolute Gasteiger partial charge is 0.437 e. The topological polar surface area (TPSA) is 38.2 Å². The van der Waals surface area contributed by atoms with Gasteiger partial charge < -0.3 is 9.64 Å². The van der Waals surface area contributed by atoms with Crippen LogP contribution in [0.3, 0.4) is 0 Å². The zero-order chi connectivity index (χ0) is 15.9. The number of benzene rings is 1. The number of nitrogens with zero attached hydrogens (tertiary/aromatic N) is 3. The van der Waals surface area contributed by atoms with Gasteiger partial charge >= 0.3 is 0 Å². The fourth-order valence-corrected chi connectivity index (χ4v) is 2.22. The van der Waals surface area contributed by atoms with Crippen molar-refractivity contribution in [3.63, 3.8) is 0 Å². The van der Waals surface area contributed by atoms with E-state index in [1.165, 1.54) is 24.5 Å². The Hall–Kier alpha value is -1.88. The zero-order valence-corrected chi connectivity index (χ0v) is 13.5. The quantitative estimate of drug-likeness (QED) is 0.741. The summed E-state index contributed by atoms with van der Waals surface area (Å²) in [6.07, 6.45) is 3.67. The molecule has 1 aromatic heterocycles.